The van der Waals surface area contributed by atoms with E-state index in [1.54, 1.807) is 7.05 Å². The predicted octanol–water partition coefficient (Wildman–Crippen LogP) is 2.76. The predicted molar refractivity (Wildman–Crippen MR) is 101 cm³/mol. The second-order valence-electron chi connectivity index (χ2n) is 6.04. The van der Waals surface area contributed by atoms with Gasteiger partial charge in [-0.15, -0.1) is 0 Å². The molecule has 0 spiro atoms. The lowest BCUT2D eigenvalue weighted by molar-refractivity contribution is 0.206. The first kappa shape index (κ1) is 18.9. The number of hydrogen-bond acceptors (Lipinski definition) is 3. The molecular formula is C18H29ClN4O. The van der Waals surface area contributed by atoms with Crippen LogP contribution in [0.4, 0.5) is 0 Å². The van der Waals surface area contributed by atoms with E-state index in [0.717, 1.165) is 31.9 Å². The summed E-state index contributed by atoms with van der Waals surface area (Å²) in [4.78, 5) is 6.83. The van der Waals surface area contributed by atoms with E-state index >= 15 is 0 Å². The number of benzene rings is 1. The van der Waals surface area contributed by atoms with Crippen molar-refractivity contribution < 1.29 is 4.74 Å². The fourth-order valence-corrected chi connectivity index (χ4v) is 3.09. The lowest BCUT2D eigenvalue weighted by Gasteiger charge is -2.32. The summed E-state index contributed by atoms with van der Waals surface area (Å²) in [7, 11) is 1.80. The molecule has 6 heteroatoms. The number of nitrogens with one attached hydrogen (secondary N) is 2. The SMILES string of the molecule is CCCN1CCC(NC(=NC)NCCOc2ccccc2Cl)CC1. The van der Waals surface area contributed by atoms with Crippen molar-refractivity contribution in [2.75, 3.05) is 39.8 Å². The zero-order valence-electron chi connectivity index (χ0n) is 14.7. The smallest absolute Gasteiger partial charge is 0.191 e. The molecule has 1 aromatic carbocycles. The van der Waals surface area contributed by atoms with E-state index in [-0.39, 0.29) is 0 Å². The van der Waals surface area contributed by atoms with Gasteiger partial charge in [0.1, 0.15) is 12.4 Å². The molecule has 134 valence electrons. The van der Waals surface area contributed by atoms with Crippen molar-refractivity contribution in [1.82, 2.24) is 15.5 Å². The highest BCUT2D eigenvalue weighted by atomic mass is 35.5. The Kier molecular flexibility index (Phi) is 8.19. The van der Waals surface area contributed by atoms with Crippen LogP contribution in [0.1, 0.15) is 26.2 Å². The van der Waals surface area contributed by atoms with Crippen molar-refractivity contribution in [2.24, 2.45) is 4.99 Å². The molecule has 0 aliphatic carbocycles. The Balaban J connectivity index is 1.65. The Morgan fingerprint density at radius 1 is 1.33 bits per heavy atom. The van der Waals surface area contributed by atoms with Gasteiger partial charge in [-0.05, 0) is 37.9 Å². The molecule has 0 bridgehead atoms. The fourth-order valence-electron chi connectivity index (χ4n) is 2.90. The molecule has 1 aliphatic heterocycles. The first-order valence-electron chi connectivity index (χ1n) is 8.79. The van der Waals surface area contributed by atoms with Crippen LogP contribution >= 0.6 is 11.6 Å². The standard InChI is InChI=1S/C18H29ClN4O/c1-3-11-23-12-8-15(9-13-23)22-18(20-2)21-10-14-24-17-7-5-4-6-16(17)19/h4-7,15H,3,8-14H2,1-2H3,(H2,20,21,22). The number of hydrogen-bond donors (Lipinski definition) is 2. The molecule has 0 amide bonds. The number of likely N-dealkylation sites (tertiary alicyclic amines) is 1. The fraction of sp³-hybridized carbons (Fsp3) is 0.611. The zero-order chi connectivity index (χ0) is 17.2. The molecule has 0 aromatic heterocycles. The minimum Gasteiger partial charge on any atom is -0.490 e. The molecule has 1 fully saturated rings. The summed E-state index contributed by atoms with van der Waals surface area (Å²) in [5.41, 5.74) is 0. The van der Waals surface area contributed by atoms with E-state index in [4.69, 9.17) is 16.3 Å². The molecule has 0 saturated carbocycles. The first-order chi connectivity index (χ1) is 11.7. The lowest BCUT2D eigenvalue weighted by Crippen LogP contribution is -2.49. The first-order valence-corrected chi connectivity index (χ1v) is 9.17. The van der Waals surface area contributed by atoms with Gasteiger partial charge >= 0.3 is 0 Å². The molecule has 2 rings (SSSR count). The maximum atomic E-state index is 6.07. The van der Waals surface area contributed by atoms with E-state index in [1.807, 2.05) is 24.3 Å². The van der Waals surface area contributed by atoms with Gasteiger partial charge < -0.3 is 20.3 Å². The van der Waals surface area contributed by atoms with Crippen LogP contribution in [0.3, 0.4) is 0 Å². The van der Waals surface area contributed by atoms with Gasteiger partial charge in [0.05, 0.1) is 11.6 Å². The van der Waals surface area contributed by atoms with E-state index in [0.29, 0.717) is 30.0 Å². The van der Waals surface area contributed by atoms with Gasteiger partial charge in [0.15, 0.2) is 5.96 Å². The summed E-state index contributed by atoms with van der Waals surface area (Å²) in [5, 5.41) is 7.45. The van der Waals surface area contributed by atoms with Gasteiger partial charge in [0.25, 0.3) is 0 Å². The summed E-state index contributed by atoms with van der Waals surface area (Å²) < 4.78 is 5.68. The zero-order valence-corrected chi connectivity index (χ0v) is 15.5. The van der Waals surface area contributed by atoms with E-state index in [9.17, 15) is 0 Å². The second kappa shape index (κ2) is 10.4. The van der Waals surface area contributed by atoms with Crippen LogP contribution in [-0.4, -0.2) is 56.7 Å². The number of aliphatic imine (C=N–C) groups is 1. The van der Waals surface area contributed by atoms with Crippen LogP contribution < -0.4 is 15.4 Å². The molecule has 0 atom stereocenters. The average molecular weight is 353 g/mol. The molecular weight excluding hydrogens is 324 g/mol. The summed E-state index contributed by atoms with van der Waals surface area (Å²) in [6.07, 6.45) is 3.56. The minimum absolute atomic E-state index is 0.494. The van der Waals surface area contributed by atoms with Crippen molar-refractivity contribution in [1.29, 1.82) is 0 Å². The normalized spacial score (nSPS) is 16.9. The molecule has 1 heterocycles. The van der Waals surface area contributed by atoms with Crippen LogP contribution in [0.2, 0.25) is 5.02 Å². The summed E-state index contributed by atoms with van der Waals surface area (Å²) >= 11 is 6.07. The Hall–Kier alpha value is -1.46. The van der Waals surface area contributed by atoms with Gasteiger partial charge in [0, 0.05) is 26.2 Å². The van der Waals surface area contributed by atoms with Crippen LogP contribution in [0.25, 0.3) is 0 Å². The molecule has 1 aromatic rings. The van der Waals surface area contributed by atoms with Gasteiger partial charge in [-0.2, -0.15) is 0 Å². The molecule has 0 unspecified atom stereocenters. The maximum absolute atomic E-state index is 6.07. The number of ether oxygens (including phenoxy) is 1. The number of rotatable bonds is 7. The topological polar surface area (TPSA) is 48.9 Å². The largest absolute Gasteiger partial charge is 0.490 e. The second-order valence-corrected chi connectivity index (χ2v) is 6.45. The average Bonchev–Trinajstić information content (AvgIpc) is 2.61. The van der Waals surface area contributed by atoms with E-state index in [1.165, 1.54) is 13.0 Å². The molecule has 5 nitrogen and oxygen atoms in total. The van der Waals surface area contributed by atoms with Crippen LogP contribution in [0, 0.1) is 0 Å². The van der Waals surface area contributed by atoms with Gasteiger partial charge in [-0.3, -0.25) is 4.99 Å². The van der Waals surface area contributed by atoms with Crippen LogP contribution in [0.5, 0.6) is 5.75 Å². The highest BCUT2D eigenvalue weighted by Crippen LogP contribution is 2.22. The Morgan fingerprint density at radius 2 is 2.08 bits per heavy atom. The summed E-state index contributed by atoms with van der Waals surface area (Å²) in [6, 6.07) is 8.01. The number of para-hydroxylation sites is 1. The number of nitrogens with zero attached hydrogens (tertiary/aromatic N) is 2. The highest BCUT2D eigenvalue weighted by molar-refractivity contribution is 6.32. The number of halogens is 1. The third kappa shape index (κ3) is 6.21. The highest BCUT2D eigenvalue weighted by Gasteiger charge is 2.19. The lowest BCUT2D eigenvalue weighted by atomic mass is 10.1. The third-order valence-corrected chi connectivity index (χ3v) is 4.49. The minimum atomic E-state index is 0.494. The van der Waals surface area contributed by atoms with E-state index in [2.05, 4.69) is 27.4 Å². The molecule has 2 N–H and O–H groups in total. The van der Waals surface area contributed by atoms with Crippen molar-refractivity contribution in [3.63, 3.8) is 0 Å². The quantitative estimate of drug-likeness (QED) is 0.450. The summed E-state index contributed by atoms with van der Waals surface area (Å²) in [6.45, 7) is 7.00. The van der Waals surface area contributed by atoms with Gasteiger partial charge in [-0.1, -0.05) is 30.7 Å². The molecule has 1 aliphatic rings. The number of guanidine groups is 1. The number of piperidine rings is 1. The summed E-state index contributed by atoms with van der Waals surface area (Å²) in [5.74, 6) is 1.55. The van der Waals surface area contributed by atoms with Crippen LogP contribution in [0.15, 0.2) is 29.3 Å². The third-order valence-electron chi connectivity index (χ3n) is 4.18. The Labute approximate surface area is 150 Å². The van der Waals surface area contributed by atoms with Crippen molar-refractivity contribution in [3.05, 3.63) is 29.3 Å². The van der Waals surface area contributed by atoms with Gasteiger partial charge in [0.2, 0.25) is 0 Å². The molecule has 24 heavy (non-hydrogen) atoms. The monoisotopic (exact) mass is 352 g/mol. The van der Waals surface area contributed by atoms with E-state index < -0.39 is 0 Å². The Bertz CT molecular complexity index is 515. The van der Waals surface area contributed by atoms with Crippen molar-refractivity contribution in [2.45, 2.75) is 32.2 Å². The van der Waals surface area contributed by atoms with Crippen molar-refractivity contribution >= 4 is 17.6 Å². The van der Waals surface area contributed by atoms with Gasteiger partial charge in [-0.25, -0.2) is 0 Å². The van der Waals surface area contributed by atoms with Crippen molar-refractivity contribution in [3.8, 4) is 5.75 Å². The molecule has 1 saturated heterocycles. The maximum Gasteiger partial charge on any atom is 0.191 e. The van der Waals surface area contributed by atoms with Crippen LogP contribution in [-0.2, 0) is 0 Å². The Morgan fingerprint density at radius 3 is 2.75 bits per heavy atom. The molecule has 0 radical (unpaired) electrons.